The highest BCUT2D eigenvalue weighted by Crippen LogP contribution is 2.10. The van der Waals surface area contributed by atoms with Crippen LogP contribution in [0.15, 0.2) is 4.99 Å². The van der Waals surface area contributed by atoms with E-state index in [0.29, 0.717) is 12.6 Å². The van der Waals surface area contributed by atoms with Crippen molar-refractivity contribution in [2.45, 2.75) is 45.8 Å². The van der Waals surface area contributed by atoms with Crippen molar-refractivity contribution in [2.75, 3.05) is 19.7 Å². The minimum atomic E-state index is 0.302. The molecule has 1 aromatic rings. The number of ether oxygens (including phenoxy) is 1. The quantitative estimate of drug-likeness (QED) is 0.598. The summed E-state index contributed by atoms with van der Waals surface area (Å²) in [5.41, 5.74) is 0. The first-order valence-electron chi connectivity index (χ1n) is 7.69. The molecule has 2 rings (SSSR count). The Bertz CT molecular complexity index is 464. The Kier molecular flexibility index (Phi) is 5.98. The molecule has 1 aromatic heterocycles. The molecule has 1 aliphatic rings. The lowest BCUT2D eigenvalue weighted by Gasteiger charge is -2.15. The summed E-state index contributed by atoms with van der Waals surface area (Å²) < 4.78 is 7.58. The Morgan fingerprint density at radius 3 is 2.90 bits per heavy atom. The normalized spacial score (nSPS) is 19.0. The first kappa shape index (κ1) is 15.8. The maximum absolute atomic E-state index is 5.62. The molecule has 0 aliphatic carbocycles. The van der Waals surface area contributed by atoms with E-state index in [-0.39, 0.29) is 0 Å². The molecule has 1 fully saturated rings. The van der Waals surface area contributed by atoms with Crippen LogP contribution in [0, 0.1) is 6.92 Å². The third kappa shape index (κ3) is 4.70. The van der Waals surface area contributed by atoms with Crippen LogP contribution in [-0.4, -0.2) is 46.5 Å². The number of nitrogens with one attached hydrogen (secondary N) is 2. The predicted octanol–water partition coefficient (Wildman–Crippen LogP) is 0.748. The van der Waals surface area contributed by atoms with Gasteiger partial charge in [-0.2, -0.15) is 0 Å². The second kappa shape index (κ2) is 7.97. The van der Waals surface area contributed by atoms with Gasteiger partial charge in [0.2, 0.25) is 0 Å². The van der Waals surface area contributed by atoms with Gasteiger partial charge in [-0.15, -0.1) is 10.2 Å². The number of hydrogen-bond donors (Lipinski definition) is 2. The van der Waals surface area contributed by atoms with Gasteiger partial charge in [-0.25, -0.2) is 4.99 Å². The highest BCUT2D eigenvalue weighted by atomic mass is 16.5. The van der Waals surface area contributed by atoms with Crippen LogP contribution >= 0.6 is 0 Å². The van der Waals surface area contributed by atoms with Crippen molar-refractivity contribution in [3.8, 4) is 0 Å². The zero-order chi connectivity index (χ0) is 15.1. The lowest BCUT2D eigenvalue weighted by molar-refractivity contribution is 0.114. The van der Waals surface area contributed by atoms with Crippen LogP contribution in [0.1, 0.15) is 37.8 Å². The minimum Gasteiger partial charge on any atom is -0.376 e. The maximum atomic E-state index is 5.62. The molecule has 2 heterocycles. The molecule has 118 valence electrons. The van der Waals surface area contributed by atoms with Gasteiger partial charge in [-0.3, -0.25) is 0 Å². The molecule has 0 amide bonds. The maximum Gasteiger partial charge on any atom is 0.191 e. The molecular formula is C14H26N6O. The lowest BCUT2D eigenvalue weighted by Crippen LogP contribution is -2.41. The van der Waals surface area contributed by atoms with Gasteiger partial charge in [-0.05, 0) is 26.2 Å². The standard InChI is InChI=1S/C14H26N6O/c1-4-7-15-14(16-9-12-6-5-8-21-12)17-10-13-19-18-11(2)20(13)3/h12H,4-10H2,1-3H3,(H2,15,16,17). The van der Waals surface area contributed by atoms with Gasteiger partial charge in [0.05, 0.1) is 6.10 Å². The zero-order valence-corrected chi connectivity index (χ0v) is 13.2. The molecule has 7 heteroatoms. The van der Waals surface area contributed by atoms with E-state index in [0.717, 1.165) is 56.6 Å². The smallest absolute Gasteiger partial charge is 0.191 e. The van der Waals surface area contributed by atoms with Gasteiger partial charge in [-0.1, -0.05) is 6.92 Å². The van der Waals surface area contributed by atoms with Gasteiger partial charge in [0.25, 0.3) is 0 Å². The van der Waals surface area contributed by atoms with Gasteiger partial charge in [0, 0.05) is 26.7 Å². The Balaban J connectivity index is 1.90. The molecule has 0 radical (unpaired) electrons. The first-order chi connectivity index (χ1) is 10.2. The molecule has 0 bridgehead atoms. The van der Waals surface area contributed by atoms with E-state index in [1.807, 2.05) is 18.5 Å². The van der Waals surface area contributed by atoms with Crippen LogP contribution in [0.5, 0.6) is 0 Å². The summed E-state index contributed by atoms with van der Waals surface area (Å²) in [6, 6.07) is 0. The van der Waals surface area contributed by atoms with Crippen molar-refractivity contribution in [1.29, 1.82) is 0 Å². The second-order valence-corrected chi connectivity index (χ2v) is 5.33. The van der Waals surface area contributed by atoms with Crippen LogP contribution in [0.4, 0.5) is 0 Å². The summed E-state index contributed by atoms with van der Waals surface area (Å²) in [6.07, 6.45) is 3.63. The molecule has 1 unspecified atom stereocenters. The molecule has 0 spiro atoms. The van der Waals surface area contributed by atoms with E-state index in [1.165, 1.54) is 0 Å². The van der Waals surface area contributed by atoms with Crippen LogP contribution in [0.3, 0.4) is 0 Å². The van der Waals surface area contributed by atoms with E-state index in [4.69, 9.17) is 4.74 Å². The predicted molar refractivity (Wildman–Crippen MR) is 82.1 cm³/mol. The van der Waals surface area contributed by atoms with E-state index in [2.05, 4.69) is 32.7 Å². The number of aliphatic imine (C=N–C) groups is 1. The van der Waals surface area contributed by atoms with E-state index in [1.54, 1.807) is 0 Å². The zero-order valence-electron chi connectivity index (χ0n) is 13.2. The Morgan fingerprint density at radius 1 is 1.43 bits per heavy atom. The molecular weight excluding hydrogens is 268 g/mol. The van der Waals surface area contributed by atoms with Crippen LogP contribution in [0.2, 0.25) is 0 Å². The summed E-state index contributed by atoms with van der Waals surface area (Å²) in [4.78, 5) is 4.58. The summed E-state index contributed by atoms with van der Waals surface area (Å²) in [7, 11) is 1.96. The number of hydrogen-bond acceptors (Lipinski definition) is 4. The minimum absolute atomic E-state index is 0.302. The first-order valence-corrected chi connectivity index (χ1v) is 7.69. The Morgan fingerprint density at radius 2 is 2.29 bits per heavy atom. The van der Waals surface area contributed by atoms with E-state index < -0.39 is 0 Å². The molecule has 0 aromatic carbocycles. The van der Waals surface area contributed by atoms with Crippen LogP contribution in [-0.2, 0) is 18.3 Å². The lowest BCUT2D eigenvalue weighted by atomic mass is 10.2. The Labute approximate surface area is 126 Å². The van der Waals surface area contributed by atoms with Crippen molar-refractivity contribution in [2.24, 2.45) is 12.0 Å². The van der Waals surface area contributed by atoms with Gasteiger partial charge >= 0.3 is 0 Å². The van der Waals surface area contributed by atoms with Crippen LogP contribution in [0.25, 0.3) is 0 Å². The average Bonchev–Trinajstić information content (AvgIpc) is 3.11. The highest BCUT2D eigenvalue weighted by Gasteiger charge is 2.15. The fraction of sp³-hybridized carbons (Fsp3) is 0.786. The molecule has 1 aliphatic heterocycles. The number of aryl methyl sites for hydroxylation is 1. The molecule has 21 heavy (non-hydrogen) atoms. The third-order valence-corrected chi connectivity index (χ3v) is 3.62. The fourth-order valence-electron chi connectivity index (χ4n) is 2.17. The number of nitrogens with zero attached hydrogens (tertiary/aromatic N) is 4. The van der Waals surface area contributed by atoms with Crippen molar-refractivity contribution < 1.29 is 4.74 Å². The summed E-state index contributed by atoms with van der Waals surface area (Å²) >= 11 is 0. The summed E-state index contributed by atoms with van der Waals surface area (Å²) in [5, 5.41) is 14.8. The van der Waals surface area contributed by atoms with E-state index >= 15 is 0 Å². The summed E-state index contributed by atoms with van der Waals surface area (Å²) in [6.45, 7) is 7.16. The van der Waals surface area contributed by atoms with Crippen LogP contribution < -0.4 is 10.6 Å². The van der Waals surface area contributed by atoms with Gasteiger partial charge in [0.15, 0.2) is 11.8 Å². The Hall–Kier alpha value is -1.63. The number of aromatic nitrogens is 3. The molecule has 0 saturated carbocycles. The third-order valence-electron chi connectivity index (χ3n) is 3.62. The molecule has 7 nitrogen and oxygen atoms in total. The average molecular weight is 294 g/mol. The van der Waals surface area contributed by atoms with Gasteiger partial charge in [0.1, 0.15) is 12.4 Å². The van der Waals surface area contributed by atoms with Crippen molar-refractivity contribution in [3.05, 3.63) is 11.6 Å². The monoisotopic (exact) mass is 294 g/mol. The molecule has 1 saturated heterocycles. The second-order valence-electron chi connectivity index (χ2n) is 5.33. The largest absolute Gasteiger partial charge is 0.376 e. The van der Waals surface area contributed by atoms with E-state index in [9.17, 15) is 0 Å². The fourth-order valence-corrected chi connectivity index (χ4v) is 2.17. The molecule has 2 N–H and O–H groups in total. The van der Waals surface area contributed by atoms with Crippen molar-refractivity contribution in [1.82, 2.24) is 25.4 Å². The highest BCUT2D eigenvalue weighted by molar-refractivity contribution is 5.79. The number of guanidine groups is 1. The van der Waals surface area contributed by atoms with Crippen molar-refractivity contribution >= 4 is 5.96 Å². The molecule has 1 atom stereocenters. The topological polar surface area (TPSA) is 76.4 Å². The SMILES string of the molecule is CCCNC(=NCc1nnc(C)n1C)NCC1CCCO1. The number of rotatable bonds is 6. The summed E-state index contributed by atoms with van der Waals surface area (Å²) in [5.74, 6) is 2.57. The van der Waals surface area contributed by atoms with Gasteiger partial charge < -0.3 is 19.9 Å². The van der Waals surface area contributed by atoms with Crippen molar-refractivity contribution in [3.63, 3.8) is 0 Å².